The minimum atomic E-state index is -0.931. The van der Waals surface area contributed by atoms with E-state index in [0.29, 0.717) is 42.0 Å². The van der Waals surface area contributed by atoms with Crippen LogP contribution < -0.4 is 16.0 Å². The van der Waals surface area contributed by atoms with E-state index < -0.39 is 25.0 Å². The number of hydrogen-bond donors (Lipinski definition) is 2. The number of fused-ring (bicyclic) bond motifs is 1. The maximum absolute atomic E-state index is 13.8. The molecule has 276 valence electrons. The number of nitrogens with two attached hydrogens (primary N) is 1. The lowest BCUT2D eigenvalue weighted by atomic mass is 10.1. The molecule has 3 N–H and O–H groups in total. The van der Waals surface area contributed by atoms with Gasteiger partial charge in [0.1, 0.15) is 17.5 Å². The highest BCUT2D eigenvalue weighted by Crippen LogP contribution is 2.21. The van der Waals surface area contributed by atoms with Gasteiger partial charge in [0.2, 0.25) is 6.79 Å². The van der Waals surface area contributed by atoms with Gasteiger partial charge in [0.25, 0.3) is 5.91 Å². The first-order valence-corrected chi connectivity index (χ1v) is 17.2. The Bertz CT molecular complexity index is 1830. The summed E-state index contributed by atoms with van der Waals surface area (Å²) >= 11 is 0. The minimum absolute atomic E-state index is 0.0378. The average Bonchev–Trinajstić information content (AvgIpc) is 3.47. The van der Waals surface area contributed by atoms with Crippen molar-refractivity contribution in [3.05, 3.63) is 83.8 Å². The van der Waals surface area contributed by atoms with E-state index in [1.165, 1.54) is 4.90 Å². The number of nitrogens with zero attached hydrogens (tertiary/aromatic N) is 5. The summed E-state index contributed by atoms with van der Waals surface area (Å²) in [7, 11) is 1.88. The molecule has 0 aliphatic rings. The van der Waals surface area contributed by atoms with Crippen LogP contribution >= 0.6 is 0 Å². The Kier molecular flexibility index (Phi) is 14.9. The van der Waals surface area contributed by atoms with Crippen LogP contribution in [0, 0.1) is 0 Å². The van der Waals surface area contributed by atoms with Crippen molar-refractivity contribution in [2.24, 2.45) is 17.8 Å². The zero-order chi connectivity index (χ0) is 37.3. The fourth-order valence-corrected chi connectivity index (χ4v) is 5.00. The highest BCUT2D eigenvalue weighted by molar-refractivity contribution is 6.07. The Morgan fingerprint density at radius 2 is 1.67 bits per heavy atom. The largest absolute Gasteiger partial charge is 0.511 e. The van der Waals surface area contributed by atoms with Gasteiger partial charge >= 0.3 is 18.2 Å². The Morgan fingerprint density at radius 1 is 0.885 bits per heavy atom. The first kappa shape index (κ1) is 38.8. The number of amidine groups is 1. The molecule has 4 rings (SSSR count). The molecule has 0 spiro atoms. The molecule has 0 aliphatic carbocycles. The van der Waals surface area contributed by atoms with Crippen LogP contribution in [-0.4, -0.2) is 71.0 Å². The van der Waals surface area contributed by atoms with Gasteiger partial charge in [0.05, 0.1) is 37.2 Å². The molecule has 0 fully saturated rings. The van der Waals surface area contributed by atoms with Crippen LogP contribution in [0.15, 0.2) is 71.9 Å². The van der Waals surface area contributed by atoms with E-state index in [1.807, 2.05) is 36.7 Å². The lowest BCUT2D eigenvalue weighted by molar-refractivity contribution is -0.153. The minimum Gasteiger partial charge on any atom is -0.448 e. The zero-order valence-electron chi connectivity index (χ0n) is 29.7. The molecule has 4 aromatic rings. The van der Waals surface area contributed by atoms with Gasteiger partial charge in [-0.25, -0.2) is 19.6 Å². The van der Waals surface area contributed by atoms with Crippen LogP contribution in [-0.2, 0) is 37.3 Å². The SMILES string of the molecule is CCCCCCOC(=O)/N=C(/N)c1ccc(NCc2nc3cc(C(=O)N(CCC(=O)OCOC(=O)OCCC)c4ccccn4)ccc3n2C)cc1. The van der Waals surface area contributed by atoms with Crippen LogP contribution in [0.25, 0.3) is 11.0 Å². The van der Waals surface area contributed by atoms with E-state index >= 15 is 0 Å². The van der Waals surface area contributed by atoms with Crippen molar-refractivity contribution in [2.75, 3.05) is 36.8 Å². The number of amides is 2. The van der Waals surface area contributed by atoms with E-state index in [9.17, 15) is 19.2 Å². The quantitative estimate of drug-likeness (QED) is 0.0301. The van der Waals surface area contributed by atoms with Gasteiger partial charge < -0.3 is 34.6 Å². The molecule has 2 heterocycles. The summed E-state index contributed by atoms with van der Waals surface area (Å²) in [6.07, 6.45) is 4.35. The molecule has 0 bridgehead atoms. The summed E-state index contributed by atoms with van der Waals surface area (Å²) in [4.78, 5) is 63.9. The Labute approximate surface area is 302 Å². The van der Waals surface area contributed by atoms with E-state index in [0.717, 1.165) is 42.7 Å². The molecule has 0 saturated carbocycles. The smallest absolute Gasteiger partial charge is 0.448 e. The van der Waals surface area contributed by atoms with Crippen molar-refractivity contribution >= 4 is 52.5 Å². The number of anilines is 2. The van der Waals surface area contributed by atoms with Crippen molar-refractivity contribution in [3.8, 4) is 0 Å². The standard InChI is InChI=1S/C37H45N7O8/c1-4-6-7-10-22-49-36(47)42-34(38)26-12-15-28(16-13-26)40-24-32-41-29-23-27(14-17-30(29)43(32)3)35(46)44(31-11-8-9-19-39-31)20-18-33(45)51-25-52-37(48)50-21-5-2/h8-9,11-17,19,23,40H,4-7,10,18,20-22,24-25H2,1-3H3,(H2,38,42,47). The second-order valence-electron chi connectivity index (χ2n) is 11.7. The molecule has 15 heteroatoms. The van der Waals surface area contributed by atoms with E-state index in [-0.39, 0.29) is 31.3 Å². The topological polar surface area (TPSA) is 190 Å². The molecule has 0 atom stereocenters. The third-order valence-electron chi connectivity index (χ3n) is 7.82. The number of hydrogen-bond acceptors (Lipinski definition) is 11. The van der Waals surface area contributed by atoms with Gasteiger partial charge in [-0.2, -0.15) is 4.99 Å². The molecule has 0 aliphatic heterocycles. The summed E-state index contributed by atoms with van der Waals surface area (Å²) in [5.41, 5.74) is 9.18. The van der Waals surface area contributed by atoms with Gasteiger partial charge in [-0.15, -0.1) is 0 Å². The molecule has 0 radical (unpaired) electrons. The molecule has 0 saturated heterocycles. The van der Waals surface area contributed by atoms with Gasteiger partial charge in [0, 0.05) is 36.6 Å². The number of imidazole rings is 1. The molecule has 52 heavy (non-hydrogen) atoms. The van der Waals surface area contributed by atoms with Gasteiger partial charge in [-0.05, 0) is 67.4 Å². The maximum atomic E-state index is 13.8. The number of ether oxygens (including phenoxy) is 4. The summed E-state index contributed by atoms with van der Waals surface area (Å²) in [5, 5.41) is 3.33. The van der Waals surface area contributed by atoms with Crippen molar-refractivity contribution in [2.45, 2.75) is 58.9 Å². The van der Waals surface area contributed by atoms with Crippen molar-refractivity contribution in [1.82, 2.24) is 14.5 Å². The first-order chi connectivity index (χ1) is 25.2. The average molecular weight is 716 g/mol. The predicted molar refractivity (Wildman–Crippen MR) is 195 cm³/mol. The van der Waals surface area contributed by atoms with Gasteiger partial charge in [-0.1, -0.05) is 39.2 Å². The molecule has 2 amide bonds. The summed E-state index contributed by atoms with van der Waals surface area (Å²) < 4.78 is 21.5. The number of aromatic nitrogens is 3. The second-order valence-corrected chi connectivity index (χ2v) is 11.7. The number of unbranched alkanes of at least 4 members (excludes halogenated alkanes) is 3. The van der Waals surface area contributed by atoms with Gasteiger partial charge in [0.15, 0.2) is 0 Å². The van der Waals surface area contributed by atoms with E-state index in [2.05, 4.69) is 22.2 Å². The number of esters is 1. The van der Waals surface area contributed by atoms with E-state index in [4.69, 9.17) is 29.7 Å². The molecule has 2 aromatic heterocycles. The van der Waals surface area contributed by atoms with Crippen LogP contribution in [0.5, 0.6) is 0 Å². The summed E-state index contributed by atoms with van der Waals surface area (Å²) in [6, 6.07) is 17.5. The number of carbonyl (C=O) groups excluding carboxylic acids is 4. The van der Waals surface area contributed by atoms with Crippen molar-refractivity contribution in [1.29, 1.82) is 0 Å². The lowest BCUT2D eigenvalue weighted by Crippen LogP contribution is -2.34. The summed E-state index contributed by atoms with van der Waals surface area (Å²) in [6.45, 7) is 4.21. The fraction of sp³-hybridized carbons (Fsp3) is 0.378. The first-order valence-electron chi connectivity index (χ1n) is 17.2. The second kappa shape index (κ2) is 20.0. The maximum Gasteiger partial charge on any atom is 0.511 e. The van der Waals surface area contributed by atoms with Crippen molar-refractivity contribution < 1.29 is 38.1 Å². The summed E-state index contributed by atoms with van der Waals surface area (Å²) in [5.74, 6) is 0.0810. The number of aliphatic imine (C=N–C) groups is 1. The van der Waals surface area contributed by atoms with Crippen LogP contribution in [0.4, 0.5) is 21.1 Å². The van der Waals surface area contributed by atoms with Crippen LogP contribution in [0.3, 0.4) is 0 Å². The lowest BCUT2D eigenvalue weighted by Gasteiger charge is -2.21. The Morgan fingerprint density at radius 3 is 2.40 bits per heavy atom. The van der Waals surface area contributed by atoms with Gasteiger partial charge in [-0.3, -0.25) is 14.5 Å². The van der Waals surface area contributed by atoms with Crippen molar-refractivity contribution in [3.63, 3.8) is 0 Å². The monoisotopic (exact) mass is 715 g/mol. The number of rotatable bonds is 18. The third kappa shape index (κ3) is 11.5. The zero-order valence-corrected chi connectivity index (χ0v) is 29.7. The third-order valence-corrected chi connectivity index (χ3v) is 7.82. The highest BCUT2D eigenvalue weighted by atomic mass is 16.8. The Hall–Kier alpha value is -5.99. The number of carbonyl (C=O) groups is 4. The number of pyridine rings is 1. The number of benzene rings is 2. The molecular formula is C37H45N7O8. The Balaban J connectivity index is 1.37. The van der Waals surface area contributed by atoms with E-state index in [1.54, 1.807) is 48.7 Å². The highest BCUT2D eigenvalue weighted by Gasteiger charge is 2.22. The molecule has 2 aromatic carbocycles. The molecule has 0 unspecified atom stereocenters. The van der Waals surface area contributed by atoms with Crippen LogP contribution in [0.2, 0.25) is 0 Å². The fourth-order valence-electron chi connectivity index (χ4n) is 5.00. The molecule has 15 nitrogen and oxygen atoms in total. The normalized spacial score (nSPS) is 11.2. The predicted octanol–water partition coefficient (Wildman–Crippen LogP) is 6.10. The van der Waals surface area contributed by atoms with Crippen LogP contribution in [0.1, 0.15) is 74.1 Å². The number of nitrogens with one attached hydrogen (secondary N) is 1. The number of aryl methyl sites for hydroxylation is 1. The molecular weight excluding hydrogens is 670 g/mol.